The number of rotatable bonds is 0. The van der Waals surface area contributed by atoms with Crippen molar-refractivity contribution in [3.05, 3.63) is 0 Å². The van der Waals surface area contributed by atoms with Gasteiger partial charge in [0.05, 0.1) is 0 Å². The SMILES string of the molecule is CN=S(C)(=O)F. The molecule has 0 aromatic rings. The summed E-state index contributed by atoms with van der Waals surface area (Å²) in [6, 6.07) is 0. The lowest BCUT2D eigenvalue weighted by Gasteiger charge is -1.77. The van der Waals surface area contributed by atoms with Crippen LogP contribution < -0.4 is 0 Å². The van der Waals surface area contributed by atoms with Gasteiger partial charge in [0.15, 0.2) is 10.1 Å². The van der Waals surface area contributed by atoms with E-state index in [0.717, 1.165) is 6.26 Å². The monoisotopic (exact) mass is 111 g/mol. The Morgan fingerprint density at radius 3 is 2.00 bits per heavy atom. The van der Waals surface area contributed by atoms with E-state index in [1.807, 2.05) is 0 Å². The molecule has 0 rings (SSSR count). The average Bonchev–Trinajstić information content (AvgIpc) is 1.35. The highest BCUT2D eigenvalue weighted by Crippen LogP contribution is 1.85. The summed E-state index contributed by atoms with van der Waals surface area (Å²) in [4.78, 5) is 0. The fourth-order valence-corrected chi connectivity index (χ4v) is 0. The molecule has 0 radical (unpaired) electrons. The van der Waals surface area contributed by atoms with Crippen LogP contribution in [0.4, 0.5) is 3.89 Å². The first kappa shape index (κ1) is 5.88. The number of halogens is 1. The molecule has 6 heavy (non-hydrogen) atoms. The summed E-state index contributed by atoms with van der Waals surface area (Å²) in [6.45, 7) is 0. The van der Waals surface area contributed by atoms with Gasteiger partial charge < -0.3 is 0 Å². The van der Waals surface area contributed by atoms with E-state index < -0.39 is 10.1 Å². The van der Waals surface area contributed by atoms with Crippen LogP contribution in [0.15, 0.2) is 4.36 Å². The maximum absolute atomic E-state index is 11.5. The molecule has 0 amide bonds. The molecule has 38 valence electrons. The van der Waals surface area contributed by atoms with E-state index in [9.17, 15) is 8.09 Å². The van der Waals surface area contributed by atoms with Crippen LogP contribution in [0.1, 0.15) is 0 Å². The minimum atomic E-state index is -3.29. The van der Waals surface area contributed by atoms with Crippen LogP contribution >= 0.6 is 0 Å². The van der Waals surface area contributed by atoms with Crippen molar-refractivity contribution < 1.29 is 8.09 Å². The second-order valence-electron chi connectivity index (χ2n) is 0.893. The first-order valence-corrected chi connectivity index (χ1v) is 3.18. The molecule has 0 aromatic heterocycles. The fourth-order valence-electron chi connectivity index (χ4n) is 0. The summed E-state index contributed by atoms with van der Waals surface area (Å²) < 4.78 is 24.1. The molecule has 0 fully saturated rings. The maximum Gasteiger partial charge on any atom is 0.198 e. The van der Waals surface area contributed by atoms with Crippen molar-refractivity contribution in [3.63, 3.8) is 0 Å². The summed E-state index contributed by atoms with van der Waals surface area (Å²) in [5.74, 6) is 0. The lowest BCUT2D eigenvalue weighted by atomic mass is 11.6. The van der Waals surface area contributed by atoms with Gasteiger partial charge in [-0.2, -0.15) is 0 Å². The van der Waals surface area contributed by atoms with Gasteiger partial charge in [0.2, 0.25) is 0 Å². The highest BCUT2D eigenvalue weighted by molar-refractivity contribution is 7.87. The van der Waals surface area contributed by atoms with Crippen LogP contribution in [-0.2, 0) is 10.1 Å². The molecule has 1 unspecified atom stereocenters. The van der Waals surface area contributed by atoms with Crippen molar-refractivity contribution >= 4 is 10.1 Å². The van der Waals surface area contributed by atoms with Gasteiger partial charge >= 0.3 is 0 Å². The molecule has 0 aliphatic heterocycles. The van der Waals surface area contributed by atoms with E-state index in [4.69, 9.17) is 0 Å². The quantitative estimate of drug-likeness (QED) is 0.421. The van der Waals surface area contributed by atoms with E-state index in [2.05, 4.69) is 4.36 Å². The standard InChI is InChI=1S/C2H6FNOS/c1-4-6(2,3)5/h1-2H3. The molecule has 0 saturated carbocycles. The number of nitrogens with zero attached hydrogens (tertiary/aromatic N) is 1. The maximum atomic E-state index is 11.5. The summed E-state index contributed by atoms with van der Waals surface area (Å²) in [7, 11) is -2.10. The Balaban J connectivity index is 4.24. The molecule has 0 N–H and O–H groups in total. The van der Waals surface area contributed by atoms with Gasteiger partial charge in [0.1, 0.15) is 0 Å². The molecule has 2 nitrogen and oxygen atoms in total. The molecule has 0 bridgehead atoms. The third kappa shape index (κ3) is 3.88. The van der Waals surface area contributed by atoms with Crippen LogP contribution in [0.25, 0.3) is 0 Å². The molecule has 0 heterocycles. The zero-order chi connectivity index (χ0) is 5.21. The second kappa shape index (κ2) is 1.55. The minimum absolute atomic E-state index is 0.938. The Hall–Kier alpha value is -0.120. The van der Waals surface area contributed by atoms with Crippen molar-refractivity contribution in [1.29, 1.82) is 0 Å². The zero-order valence-corrected chi connectivity index (χ0v) is 4.46. The average molecular weight is 111 g/mol. The second-order valence-corrected chi connectivity index (χ2v) is 2.68. The molecule has 0 aliphatic carbocycles. The van der Waals surface area contributed by atoms with E-state index in [1.54, 1.807) is 0 Å². The van der Waals surface area contributed by atoms with Crippen molar-refractivity contribution in [2.45, 2.75) is 0 Å². The van der Waals surface area contributed by atoms with Crippen LogP contribution in [-0.4, -0.2) is 17.5 Å². The predicted octanol–water partition coefficient (Wildman–Crippen LogP) is 0.599. The summed E-state index contributed by atoms with van der Waals surface area (Å²) in [5.41, 5.74) is 0. The van der Waals surface area contributed by atoms with E-state index in [1.165, 1.54) is 7.05 Å². The normalized spacial score (nSPS) is 19.2. The van der Waals surface area contributed by atoms with Crippen LogP contribution in [0.2, 0.25) is 0 Å². The molecule has 0 saturated heterocycles. The molecule has 0 aromatic carbocycles. The smallest absolute Gasteiger partial charge is 0.198 e. The lowest BCUT2D eigenvalue weighted by Crippen LogP contribution is -1.79. The lowest BCUT2D eigenvalue weighted by molar-refractivity contribution is 0.644. The van der Waals surface area contributed by atoms with Crippen molar-refractivity contribution in [2.24, 2.45) is 4.36 Å². The molecule has 0 spiro atoms. The Morgan fingerprint density at radius 2 is 2.00 bits per heavy atom. The van der Waals surface area contributed by atoms with Crippen LogP contribution in [0.3, 0.4) is 0 Å². The summed E-state index contributed by atoms with van der Waals surface area (Å²) >= 11 is 0. The third-order valence-corrected chi connectivity index (χ3v) is 0.978. The molecule has 4 heteroatoms. The Labute approximate surface area is 36.8 Å². The Bertz CT molecular complexity index is 126. The van der Waals surface area contributed by atoms with E-state index in [-0.39, 0.29) is 0 Å². The topological polar surface area (TPSA) is 29.4 Å². The number of hydrogen-bond acceptors (Lipinski definition) is 2. The van der Waals surface area contributed by atoms with Crippen molar-refractivity contribution in [3.8, 4) is 0 Å². The van der Waals surface area contributed by atoms with Gasteiger partial charge in [0, 0.05) is 13.3 Å². The largest absolute Gasteiger partial charge is 0.217 e. The molecular weight excluding hydrogens is 105 g/mol. The highest BCUT2D eigenvalue weighted by Gasteiger charge is 1.84. The minimum Gasteiger partial charge on any atom is -0.217 e. The van der Waals surface area contributed by atoms with Gasteiger partial charge in [-0.3, -0.25) is 0 Å². The van der Waals surface area contributed by atoms with Crippen LogP contribution in [0.5, 0.6) is 0 Å². The van der Waals surface area contributed by atoms with Gasteiger partial charge in [0.25, 0.3) is 0 Å². The van der Waals surface area contributed by atoms with Gasteiger partial charge in [-0.05, 0) is 0 Å². The summed E-state index contributed by atoms with van der Waals surface area (Å²) in [5, 5.41) is 0. The van der Waals surface area contributed by atoms with E-state index in [0.29, 0.717) is 0 Å². The fraction of sp³-hybridized carbons (Fsp3) is 1.00. The highest BCUT2D eigenvalue weighted by atomic mass is 32.3. The van der Waals surface area contributed by atoms with Gasteiger partial charge in [-0.25, -0.2) is 8.57 Å². The predicted molar refractivity (Wildman–Crippen MR) is 23.5 cm³/mol. The first-order valence-electron chi connectivity index (χ1n) is 1.36. The van der Waals surface area contributed by atoms with Crippen molar-refractivity contribution in [1.82, 2.24) is 0 Å². The first-order chi connectivity index (χ1) is 2.56. The Morgan fingerprint density at radius 1 is 1.83 bits per heavy atom. The van der Waals surface area contributed by atoms with Crippen LogP contribution in [0, 0.1) is 0 Å². The Kier molecular flexibility index (Phi) is 1.52. The summed E-state index contributed by atoms with van der Waals surface area (Å²) in [6.07, 6.45) is 0.938. The van der Waals surface area contributed by atoms with Gasteiger partial charge in [-0.15, -0.1) is 3.89 Å². The van der Waals surface area contributed by atoms with E-state index >= 15 is 0 Å². The van der Waals surface area contributed by atoms with Gasteiger partial charge in [-0.1, -0.05) is 0 Å². The van der Waals surface area contributed by atoms with Crippen molar-refractivity contribution in [2.75, 3.05) is 13.3 Å². The molecular formula is C2H6FNOS. The number of hydrogen-bond donors (Lipinski definition) is 0. The zero-order valence-electron chi connectivity index (χ0n) is 3.64. The third-order valence-electron chi connectivity index (χ3n) is 0.326. The molecule has 1 atom stereocenters. The molecule has 0 aliphatic rings.